The second-order valence-corrected chi connectivity index (χ2v) is 7.73. The number of thiophene rings is 1. The maximum Gasteiger partial charge on any atom is 0.328 e. The van der Waals surface area contributed by atoms with E-state index in [-0.39, 0.29) is 0 Å². The largest absolute Gasteiger partial charge is 0.492 e. The van der Waals surface area contributed by atoms with E-state index in [1.807, 2.05) is 25.2 Å². The molecule has 154 valence electrons. The Balaban J connectivity index is 2.41. The molecular weight excluding hydrogens is 368 g/mol. The third kappa shape index (κ3) is 11.6. The summed E-state index contributed by atoms with van der Waals surface area (Å²) in [4.78, 5) is 10.6. The van der Waals surface area contributed by atoms with Gasteiger partial charge in [-0.1, -0.05) is 81.4 Å². The van der Waals surface area contributed by atoms with Gasteiger partial charge in [-0.05, 0) is 25.8 Å². The van der Waals surface area contributed by atoms with Gasteiger partial charge >= 0.3 is 5.97 Å². The number of unbranched alkanes of at least 4 members (excludes halogenated alkanes) is 6. The Morgan fingerprint density at radius 3 is 2.46 bits per heavy atom. The highest BCUT2D eigenvalue weighted by molar-refractivity contribution is 7.08. The van der Waals surface area contributed by atoms with Gasteiger partial charge in [0, 0.05) is 22.4 Å². The molecule has 0 amide bonds. The van der Waals surface area contributed by atoms with Gasteiger partial charge in [-0.25, -0.2) is 4.79 Å². The molecule has 0 aliphatic carbocycles. The van der Waals surface area contributed by atoms with E-state index in [2.05, 4.69) is 23.8 Å². The minimum atomic E-state index is -0.927. The maximum atomic E-state index is 10.6. The van der Waals surface area contributed by atoms with E-state index in [4.69, 9.17) is 9.84 Å². The minimum absolute atomic E-state index is 0.708. The summed E-state index contributed by atoms with van der Waals surface area (Å²) < 4.78 is 5.95. The maximum absolute atomic E-state index is 10.6. The van der Waals surface area contributed by atoms with Crippen molar-refractivity contribution in [1.82, 2.24) is 0 Å². The van der Waals surface area contributed by atoms with E-state index in [0.29, 0.717) is 5.57 Å². The highest BCUT2D eigenvalue weighted by Crippen LogP contribution is 2.25. The molecule has 28 heavy (non-hydrogen) atoms. The fourth-order valence-corrected chi connectivity index (χ4v) is 3.38. The first-order chi connectivity index (χ1) is 13.5. The predicted octanol–water partition coefficient (Wildman–Crippen LogP) is 7.42. The first-order valence-electron chi connectivity index (χ1n) is 10.2. The zero-order valence-corrected chi connectivity index (χ0v) is 18.3. The van der Waals surface area contributed by atoms with Crippen LogP contribution in [-0.2, 0) is 4.79 Å². The van der Waals surface area contributed by atoms with Gasteiger partial charge in [-0.2, -0.15) is 0 Å². The fourth-order valence-electron chi connectivity index (χ4n) is 2.65. The van der Waals surface area contributed by atoms with E-state index in [1.165, 1.54) is 44.6 Å². The number of hydrogen-bond donors (Lipinski definition) is 1. The van der Waals surface area contributed by atoms with E-state index < -0.39 is 5.97 Å². The van der Waals surface area contributed by atoms with Crippen molar-refractivity contribution in [1.29, 1.82) is 0 Å². The lowest BCUT2D eigenvalue weighted by atomic mass is 10.1. The van der Waals surface area contributed by atoms with E-state index in [0.717, 1.165) is 29.9 Å². The Kier molecular flexibility index (Phi) is 12.8. The lowest BCUT2D eigenvalue weighted by Gasteiger charge is -2.05. The Morgan fingerprint density at radius 1 is 1.04 bits per heavy atom. The van der Waals surface area contributed by atoms with E-state index in [9.17, 15) is 4.79 Å². The summed E-state index contributed by atoms with van der Waals surface area (Å²) in [7, 11) is 0. The van der Waals surface area contributed by atoms with Crippen LogP contribution in [0, 0.1) is 0 Å². The zero-order valence-electron chi connectivity index (χ0n) is 17.4. The Labute approximate surface area is 174 Å². The quantitative estimate of drug-likeness (QED) is 0.200. The molecule has 0 bridgehead atoms. The summed E-state index contributed by atoms with van der Waals surface area (Å²) in [6, 6.07) is 0. The molecule has 1 aromatic rings. The van der Waals surface area contributed by atoms with Crippen LogP contribution in [0.5, 0.6) is 5.75 Å². The molecule has 0 aromatic carbocycles. The van der Waals surface area contributed by atoms with Crippen molar-refractivity contribution < 1.29 is 14.6 Å². The number of rotatable bonds is 14. The van der Waals surface area contributed by atoms with Crippen LogP contribution < -0.4 is 4.74 Å². The fraction of sp³-hybridized carbons (Fsp3) is 0.458. The zero-order chi connectivity index (χ0) is 20.6. The Hall–Kier alpha value is -2.07. The molecule has 0 spiro atoms. The van der Waals surface area contributed by atoms with Gasteiger partial charge in [-0.15, -0.1) is 11.3 Å². The van der Waals surface area contributed by atoms with Crippen LogP contribution in [0.2, 0.25) is 0 Å². The number of ether oxygens (including phenoxy) is 1. The Bertz CT molecular complexity index is 692. The summed E-state index contributed by atoms with van der Waals surface area (Å²) in [5.41, 5.74) is 2.90. The number of hydrogen-bond acceptors (Lipinski definition) is 3. The molecule has 0 aliphatic heterocycles. The highest BCUT2D eigenvalue weighted by Gasteiger charge is 2.02. The third-order valence-electron chi connectivity index (χ3n) is 4.26. The SMILES string of the molecule is CCCCCCCCCOc1cscc1C=CC(C)=CC=CC(C)=CC(=O)O. The van der Waals surface area contributed by atoms with E-state index in [1.54, 1.807) is 24.3 Å². The van der Waals surface area contributed by atoms with Crippen molar-refractivity contribution >= 4 is 23.4 Å². The smallest absolute Gasteiger partial charge is 0.328 e. The number of carboxylic acid groups (broad SMARTS) is 1. The molecule has 3 nitrogen and oxygen atoms in total. The van der Waals surface area contributed by atoms with Crippen molar-refractivity contribution in [2.45, 2.75) is 65.7 Å². The topological polar surface area (TPSA) is 46.5 Å². The molecular formula is C24H34O3S. The summed E-state index contributed by atoms with van der Waals surface area (Å²) >= 11 is 1.65. The van der Waals surface area contributed by atoms with Crippen molar-refractivity contribution in [3.05, 3.63) is 57.8 Å². The van der Waals surface area contributed by atoms with Gasteiger partial charge in [-0.3, -0.25) is 0 Å². The second kappa shape index (κ2) is 14.9. The summed E-state index contributed by atoms with van der Waals surface area (Å²) in [6.07, 6.45) is 19.9. The first kappa shape index (κ1) is 24.0. The molecule has 1 aromatic heterocycles. The van der Waals surface area contributed by atoms with Gasteiger partial charge in [0.2, 0.25) is 0 Å². The number of aliphatic carboxylic acids is 1. The summed E-state index contributed by atoms with van der Waals surface area (Å²) in [5, 5.41) is 12.8. The van der Waals surface area contributed by atoms with Crippen LogP contribution in [0.1, 0.15) is 71.3 Å². The normalized spacial score (nSPS) is 13.0. The molecule has 0 aliphatic rings. The molecule has 0 saturated carbocycles. The van der Waals surface area contributed by atoms with Crippen LogP contribution in [0.25, 0.3) is 6.08 Å². The highest BCUT2D eigenvalue weighted by atomic mass is 32.1. The van der Waals surface area contributed by atoms with Crippen LogP contribution in [0.4, 0.5) is 0 Å². The van der Waals surface area contributed by atoms with Gasteiger partial charge in [0.1, 0.15) is 5.75 Å². The average Bonchev–Trinajstić information content (AvgIpc) is 3.09. The molecule has 0 fully saturated rings. The lowest BCUT2D eigenvalue weighted by molar-refractivity contribution is -0.131. The van der Waals surface area contributed by atoms with Gasteiger partial charge in [0.05, 0.1) is 6.61 Å². The standard InChI is InChI=1S/C24H34O3S/c1-4-5-6-7-8-9-10-16-27-23-19-28-18-22(23)15-14-20(2)12-11-13-21(3)17-24(25)26/h11-15,17-19H,4-10,16H2,1-3H3,(H,25,26). The average molecular weight is 403 g/mol. The molecule has 0 unspecified atom stereocenters. The second-order valence-electron chi connectivity index (χ2n) is 6.99. The van der Waals surface area contributed by atoms with Crippen molar-refractivity contribution in [3.63, 3.8) is 0 Å². The van der Waals surface area contributed by atoms with Crippen molar-refractivity contribution in [3.8, 4) is 5.75 Å². The van der Waals surface area contributed by atoms with Gasteiger partial charge in [0.15, 0.2) is 0 Å². The molecule has 1 rings (SSSR count). The van der Waals surface area contributed by atoms with Crippen LogP contribution in [0.15, 0.2) is 52.3 Å². The molecule has 0 saturated heterocycles. The molecule has 4 heteroatoms. The number of allylic oxidation sites excluding steroid dienone is 6. The van der Waals surface area contributed by atoms with Crippen molar-refractivity contribution in [2.75, 3.05) is 6.61 Å². The lowest BCUT2D eigenvalue weighted by Crippen LogP contribution is -1.97. The van der Waals surface area contributed by atoms with Crippen LogP contribution >= 0.6 is 11.3 Å². The van der Waals surface area contributed by atoms with E-state index >= 15 is 0 Å². The third-order valence-corrected chi connectivity index (χ3v) is 5.00. The molecule has 1 N–H and O–H groups in total. The first-order valence-corrected chi connectivity index (χ1v) is 11.1. The van der Waals surface area contributed by atoms with Gasteiger partial charge < -0.3 is 9.84 Å². The van der Waals surface area contributed by atoms with Crippen LogP contribution in [-0.4, -0.2) is 17.7 Å². The molecule has 0 radical (unpaired) electrons. The predicted molar refractivity (Wildman–Crippen MR) is 121 cm³/mol. The van der Waals surface area contributed by atoms with Crippen molar-refractivity contribution in [2.24, 2.45) is 0 Å². The van der Waals surface area contributed by atoms with Crippen LogP contribution in [0.3, 0.4) is 0 Å². The Morgan fingerprint density at radius 2 is 1.75 bits per heavy atom. The summed E-state index contributed by atoms with van der Waals surface area (Å²) in [5.74, 6) is 0.0278. The summed E-state index contributed by atoms with van der Waals surface area (Å²) in [6.45, 7) is 6.81. The number of carboxylic acids is 1. The molecule has 1 heterocycles. The molecule has 0 atom stereocenters. The minimum Gasteiger partial charge on any atom is -0.492 e. The number of carbonyl (C=O) groups is 1. The van der Waals surface area contributed by atoms with Gasteiger partial charge in [0.25, 0.3) is 0 Å². The monoisotopic (exact) mass is 402 g/mol.